The molecule has 4 heterocycles. The van der Waals surface area contributed by atoms with Crippen LogP contribution in [0.2, 0.25) is 0 Å². The molecule has 3 aromatic heterocycles. The molecule has 9 heteroatoms. The molecule has 1 aliphatic heterocycles. The van der Waals surface area contributed by atoms with E-state index in [-0.39, 0.29) is 11.9 Å². The molecule has 0 atom stereocenters. The summed E-state index contributed by atoms with van der Waals surface area (Å²) in [6.07, 6.45) is 9.30. The molecule has 0 spiro atoms. The first-order chi connectivity index (χ1) is 15.7. The van der Waals surface area contributed by atoms with E-state index < -0.39 is 0 Å². The van der Waals surface area contributed by atoms with Crippen LogP contribution in [0.25, 0.3) is 16.8 Å². The Bertz CT molecular complexity index is 1330. The summed E-state index contributed by atoms with van der Waals surface area (Å²) in [5, 5.41) is 8.39. The monoisotopic (exact) mass is 432 g/mol. The quantitative estimate of drug-likeness (QED) is 0.462. The van der Waals surface area contributed by atoms with Gasteiger partial charge in [-0.1, -0.05) is 0 Å². The highest BCUT2D eigenvalue weighted by atomic mass is 19.1. The molecule has 1 aromatic carbocycles. The lowest BCUT2D eigenvalue weighted by Gasteiger charge is -2.12. The maximum Gasteiger partial charge on any atom is 0.316 e. The van der Waals surface area contributed by atoms with E-state index in [0.717, 1.165) is 53.2 Å². The second kappa shape index (κ2) is 7.51. The Kier molecular flexibility index (Phi) is 4.48. The molecule has 1 fully saturated rings. The number of hydrogen-bond acceptors (Lipinski definition) is 7. The van der Waals surface area contributed by atoms with E-state index in [0.29, 0.717) is 36.7 Å². The van der Waals surface area contributed by atoms with E-state index in [1.807, 2.05) is 11.3 Å². The third-order valence-electron chi connectivity index (χ3n) is 5.99. The third kappa shape index (κ3) is 3.34. The van der Waals surface area contributed by atoms with Crippen molar-refractivity contribution in [3.05, 3.63) is 59.3 Å². The summed E-state index contributed by atoms with van der Waals surface area (Å²) in [5.41, 5.74) is 4.73. The zero-order chi connectivity index (χ0) is 21.7. The average molecular weight is 432 g/mol. The molecule has 0 saturated heterocycles. The van der Waals surface area contributed by atoms with Crippen molar-refractivity contribution < 1.29 is 13.9 Å². The molecular weight excluding hydrogens is 411 g/mol. The van der Waals surface area contributed by atoms with Crippen molar-refractivity contribution in [2.24, 2.45) is 0 Å². The summed E-state index contributed by atoms with van der Waals surface area (Å²) in [6, 6.07) is 3.58. The summed E-state index contributed by atoms with van der Waals surface area (Å²) < 4.78 is 27.6. The molecule has 1 saturated carbocycles. The number of rotatable bonds is 6. The number of nitrogens with zero attached hydrogens (tertiary/aromatic N) is 6. The van der Waals surface area contributed by atoms with Gasteiger partial charge in [0.15, 0.2) is 5.65 Å². The Morgan fingerprint density at radius 1 is 1.16 bits per heavy atom. The Morgan fingerprint density at radius 2 is 2.03 bits per heavy atom. The summed E-state index contributed by atoms with van der Waals surface area (Å²) in [4.78, 5) is 13.5. The lowest BCUT2D eigenvalue weighted by atomic mass is 10.00. The van der Waals surface area contributed by atoms with E-state index >= 15 is 0 Å². The first-order valence-electron chi connectivity index (χ1n) is 10.8. The number of aryl methyl sites for hydroxylation is 2. The van der Waals surface area contributed by atoms with Crippen LogP contribution >= 0.6 is 0 Å². The molecule has 4 aromatic rings. The fraction of sp³-hybridized carbons (Fsp3) is 0.348. The minimum Gasteiger partial charge on any atom is -0.493 e. The van der Waals surface area contributed by atoms with Gasteiger partial charge in [0, 0.05) is 41.9 Å². The highest BCUT2D eigenvalue weighted by Gasteiger charge is 2.25. The summed E-state index contributed by atoms with van der Waals surface area (Å²) in [6.45, 7) is 2.51. The van der Waals surface area contributed by atoms with Crippen LogP contribution in [0.15, 0.2) is 30.9 Å². The maximum absolute atomic E-state index is 14.5. The van der Waals surface area contributed by atoms with Crippen LogP contribution in [0.3, 0.4) is 0 Å². The maximum atomic E-state index is 14.5. The summed E-state index contributed by atoms with van der Waals surface area (Å²) >= 11 is 0. The normalized spacial score (nSPS) is 15.1. The molecule has 6 rings (SSSR count). The van der Waals surface area contributed by atoms with Crippen LogP contribution in [-0.4, -0.2) is 42.3 Å². The Labute approximate surface area is 183 Å². The van der Waals surface area contributed by atoms with Gasteiger partial charge in [0.05, 0.1) is 12.3 Å². The zero-order valence-electron chi connectivity index (χ0n) is 17.6. The largest absolute Gasteiger partial charge is 0.493 e. The number of ether oxygens (including phenoxy) is 2. The van der Waals surface area contributed by atoms with Crippen molar-refractivity contribution in [2.75, 3.05) is 6.61 Å². The Balaban J connectivity index is 1.31. The van der Waals surface area contributed by atoms with Gasteiger partial charge in [0.1, 0.15) is 29.8 Å². The van der Waals surface area contributed by atoms with Crippen molar-refractivity contribution in [3.63, 3.8) is 0 Å². The van der Waals surface area contributed by atoms with Crippen molar-refractivity contribution >= 4 is 5.65 Å². The molecule has 1 aliphatic carbocycles. The van der Waals surface area contributed by atoms with Gasteiger partial charge < -0.3 is 9.47 Å². The Morgan fingerprint density at radius 3 is 2.88 bits per heavy atom. The molecule has 8 nitrogen and oxygen atoms in total. The molecule has 0 amide bonds. The molecule has 0 unspecified atom stereocenters. The Hall–Kier alpha value is -3.62. The molecular formula is C23H21FN6O2. The minimum absolute atomic E-state index is 0.202. The third-order valence-corrected chi connectivity index (χ3v) is 5.99. The van der Waals surface area contributed by atoms with Crippen molar-refractivity contribution in [1.82, 2.24) is 29.5 Å². The van der Waals surface area contributed by atoms with Gasteiger partial charge in [-0.25, -0.2) is 14.4 Å². The fourth-order valence-corrected chi connectivity index (χ4v) is 4.17. The molecule has 0 N–H and O–H groups in total. The first-order valence-corrected chi connectivity index (χ1v) is 10.8. The van der Waals surface area contributed by atoms with Crippen molar-refractivity contribution in [1.29, 1.82) is 0 Å². The molecule has 32 heavy (non-hydrogen) atoms. The van der Waals surface area contributed by atoms with Gasteiger partial charge in [-0.3, -0.25) is 4.40 Å². The fourth-order valence-electron chi connectivity index (χ4n) is 4.17. The van der Waals surface area contributed by atoms with Crippen LogP contribution < -0.4 is 9.47 Å². The van der Waals surface area contributed by atoms with E-state index in [1.165, 1.54) is 6.07 Å². The standard InChI is InChI=1S/C23H21FN6O2/c1-13-17(10-26-23(28-13)32-14-2-3-14)18-11-25-21(30-12-27-29-22(18)30)7-4-15-16-8-9-31-20(16)6-5-19(15)24/h5-6,10-12,14H,2-4,7-9H2,1H3. The van der Waals surface area contributed by atoms with Gasteiger partial charge in [0.2, 0.25) is 0 Å². The van der Waals surface area contributed by atoms with Gasteiger partial charge in [-0.15, -0.1) is 10.2 Å². The smallest absolute Gasteiger partial charge is 0.316 e. The topological polar surface area (TPSA) is 87.3 Å². The molecule has 162 valence electrons. The minimum atomic E-state index is -0.202. The SMILES string of the molecule is Cc1nc(OC2CC2)ncc1-c1cnc(CCc2c(F)ccc3c2CCO3)n2cnnc12. The van der Waals surface area contributed by atoms with E-state index in [1.54, 1.807) is 24.8 Å². The predicted molar refractivity (Wildman–Crippen MR) is 113 cm³/mol. The van der Waals surface area contributed by atoms with Crippen LogP contribution in [0.1, 0.15) is 35.5 Å². The lowest BCUT2D eigenvalue weighted by molar-refractivity contribution is 0.277. The highest BCUT2D eigenvalue weighted by molar-refractivity contribution is 5.77. The highest BCUT2D eigenvalue weighted by Crippen LogP contribution is 2.32. The lowest BCUT2D eigenvalue weighted by Crippen LogP contribution is -2.07. The van der Waals surface area contributed by atoms with E-state index in [4.69, 9.17) is 9.47 Å². The number of fused-ring (bicyclic) bond motifs is 2. The van der Waals surface area contributed by atoms with Gasteiger partial charge in [0.25, 0.3) is 0 Å². The van der Waals surface area contributed by atoms with E-state index in [2.05, 4.69) is 25.1 Å². The molecule has 2 aliphatic rings. The average Bonchev–Trinajstić information content (AvgIpc) is 3.25. The summed E-state index contributed by atoms with van der Waals surface area (Å²) in [7, 11) is 0. The number of hydrogen-bond donors (Lipinski definition) is 0. The van der Waals surface area contributed by atoms with Crippen LogP contribution in [0, 0.1) is 12.7 Å². The first kappa shape index (κ1) is 19.1. The van der Waals surface area contributed by atoms with Gasteiger partial charge in [-0.05, 0) is 43.9 Å². The second-order valence-electron chi connectivity index (χ2n) is 8.18. The second-order valence-corrected chi connectivity index (χ2v) is 8.18. The zero-order valence-corrected chi connectivity index (χ0v) is 17.6. The van der Waals surface area contributed by atoms with E-state index in [9.17, 15) is 4.39 Å². The molecule has 0 bridgehead atoms. The van der Waals surface area contributed by atoms with Crippen LogP contribution in [0.5, 0.6) is 11.8 Å². The van der Waals surface area contributed by atoms with Crippen LogP contribution in [-0.2, 0) is 19.3 Å². The summed E-state index contributed by atoms with van der Waals surface area (Å²) in [5.74, 6) is 1.34. The van der Waals surface area contributed by atoms with Crippen LogP contribution in [0.4, 0.5) is 4.39 Å². The number of aromatic nitrogens is 6. The number of halogens is 1. The van der Waals surface area contributed by atoms with Crippen molar-refractivity contribution in [3.8, 4) is 22.9 Å². The number of benzene rings is 1. The van der Waals surface area contributed by atoms with Gasteiger partial charge in [-0.2, -0.15) is 4.98 Å². The predicted octanol–water partition coefficient (Wildman–Crippen LogP) is 3.29. The molecule has 0 radical (unpaired) electrons. The van der Waals surface area contributed by atoms with Gasteiger partial charge >= 0.3 is 6.01 Å². The van der Waals surface area contributed by atoms with Crippen molar-refractivity contribution in [2.45, 2.75) is 45.1 Å².